The van der Waals surface area contributed by atoms with Crippen LogP contribution in [0, 0.1) is 0 Å². The van der Waals surface area contributed by atoms with Crippen molar-refractivity contribution in [3.63, 3.8) is 0 Å². The van der Waals surface area contributed by atoms with Crippen LogP contribution >= 0.6 is 0 Å². The van der Waals surface area contributed by atoms with Crippen molar-refractivity contribution < 1.29 is 9.90 Å². The highest BCUT2D eigenvalue weighted by Crippen LogP contribution is 2.30. The number of rotatable bonds is 4. The van der Waals surface area contributed by atoms with Crippen LogP contribution in [0.3, 0.4) is 0 Å². The highest BCUT2D eigenvalue weighted by molar-refractivity contribution is 5.85. The first-order valence-electron chi connectivity index (χ1n) is 7.95. The van der Waals surface area contributed by atoms with Gasteiger partial charge in [0.1, 0.15) is 5.60 Å². The van der Waals surface area contributed by atoms with Crippen molar-refractivity contribution in [2.75, 3.05) is 18.0 Å². The summed E-state index contributed by atoms with van der Waals surface area (Å²) in [5.74, 6) is -0.195. The van der Waals surface area contributed by atoms with Crippen LogP contribution in [-0.2, 0) is 11.2 Å². The van der Waals surface area contributed by atoms with E-state index in [4.69, 9.17) is 0 Å². The average Bonchev–Trinajstić information content (AvgIpc) is 3.11. The van der Waals surface area contributed by atoms with Crippen LogP contribution in [0.25, 0.3) is 0 Å². The summed E-state index contributed by atoms with van der Waals surface area (Å²) >= 11 is 0. The maximum atomic E-state index is 12.2. The molecular formula is C17H24N2O2. The Hall–Kier alpha value is -1.55. The number of para-hydroxylation sites is 1. The molecule has 1 aromatic rings. The van der Waals surface area contributed by atoms with Gasteiger partial charge in [0.25, 0.3) is 5.91 Å². The van der Waals surface area contributed by atoms with Crippen LogP contribution in [0.2, 0.25) is 0 Å². The van der Waals surface area contributed by atoms with Crippen molar-refractivity contribution in [1.29, 1.82) is 0 Å². The highest BCUT2D eigenvalue weighted by Gasteiger charge is 2.38. The first-order valence-corrected chi connectivity index (χ1v) is 7.95. The van der Waals surface area contributed by atoms with E-state index < -0.39 is 5.60 Å². The predicted molar refractivity (Wildman–Crippen MR) is 83.4 cm³/mol. The second-order valence-electron chi connectivity index (χ2n) is 6.37. The topological polar surface area (TPSA) is 52.6 Å². The van der Waals surface area contributed by atoms with Crippen LogP contribution in [0.1, 0.15) is 38.2 Å². The van der Waals surface area contributed by atoms with Gasteiger partial charge >= 0.3 is 0 Å². The quantitative estimate of drug-likeness (QED) is 0.889. The molecule has 4 heteroatoms. The van der Waals surface area contributed by atoms with Gasteiger partial charge in [0, 0.05) is 24.8 Å². The smallest absolute Gasteiger partial charge is 0.252 e. The number of fused-ring (bicyclic) bond motifs is 1. The molecule has 4 nitrogen and oxygen atoms in total. The lowest BCUT2D eigenvalue weighted by Crippen LogP contribution is -2.49. The molecule has 1 heterocycles. The number of amides is 1. The summed E-state index contributed by atoms with van der Waals surface area (Å²) in [6.07, 6.45) is 4.15. The first-order chi connectivity index (χ1) is 10.1. The maximum absolute atomic E-state index is 12.2. The second kappa shape index (κ2) is 5.68. The third kappa shape index (κ3) is 2.77. The van der Waals surface area contributed by atoms with Crippen LogP contribution in [0.4, 0.5) is 5.69 Å². The SMILES string of the molecule is CC(CNC(=O)C1(O)CCCC1)N1CCc2ccccc21. The molecule has 1 aromatic carbocycles. The monoisotopic (exact) mass is 288 g/mol. The molecule has 1 fully saturated rings. The van der Waals surface area contributed by atoms with Gasteiger partial charge in [-0.05, 0) is 50.7 Å². The molecule has 1 unspecified atom stereocenters. The Balaban J connectivity index is 1.58. The van der Waals surface area contributed by atoms with Crippen molar-refractivity contribution in [3.05, 3.63) is 29.8 Å². The molecule has 1 atom stereocenters. The molecule has 3 rings (SSSR count). The molecule has 1 saturated carbocycles. The third-order valence-corrected chi connectivity index (χ3v) is 4.87. The Morgan fingerprint density at radius 1 is 1.38 bits per heavy atom. The van der Waals surface area contributed by atoms with Gasteiger partial charge in [0.05, 0.1) is 0 Å². The Bertz CT molecular complexity index is 523. The zero-order valence-corrected chi connectivity index (χ0v) is 12.6. The number of carbonyl (C=O) groups excluding carboxylic acids is 1. The average molecular weight is 288 g/mol. The lowest BCUT2D eigenvalue weighted by Gasteiger charge is -2.29. The minimum Gasteiger partial charge on any atom is -0.380 e. The molecule has 0 bridgehead atoms. The number of aliphatic hydroxyl groups is 1. The van der Waals surface area contributed by atoms with Crippen molar-refractivity contribution in [1.82, 2.24) is 5.32 Å². The number of nitrogens with one attached hydrogen (secondary N) is 1. The number of benzene rings is 1. The van der Waals surface area contributed by atoms with E-state index in [0.717, 1.165) is 25.8 Å². The fourth-order valence-corrected chi connectivity index (χ4v) is 3.52. The number of nitrogens with zero attached hydrogens (tertiary/aromatic N) is 1. The van der Waals surface area contributed by atoms with Gasteiger partial charge in [0.2, 0.25) is 0 Å². The summed E-state index contributed by atoms with van der Waals surface area (Å²) < 4.78 is 0. The van der Waals surface area contributed by atoms with Crippen LogP contribution in [0.5, 0.6) is 0 Å². The first kappa shape index (κ1) is 14.4. The molecule has 0 radical (unpaired) electrons. The van der Waals surface area contributed by atoms with Gasteiger partial charge in [-0.2, -0.15) is 0 Å². The normalized spacial score (nSPS) is 21.1. The summed E-state index contributed by atoms with van der Waals surface area (Å²) in [7, 11) is 0. The summed E-state index contributed by atoms with van der Waals surface area (Å²) in [5.41, 5.74) is 1.53. The van der Waals surface area contributed by atoms with E-state index in [1.165, 1.54) is 11.3 Å². The molecular weight excluding hydrogens is 264 g/mol. The predicted octanol–water partition coefficient (Wildman–Crippen LogP) is 1.86. The number of anilines is 1. The number of hydrogen-bond donors (Lipinski definition) is 2. The van der Waals surface area contributed by atoms with E-state index in [-0.39, 0.29) is 11.9 Å². The molecule has 0 spiro atoms. The number of carbonyl (C=O) groups is 1. The van der Waals surface area contributed by atoms with Gasteiger partial charge in [-0.3, -0.25) is 4.79 Å². The van der Waals surface area contributed by atoms with E-state index in [9.17, 15) is 9.90 Å². The van der Waals surface area contributed by atoms with E-state index in [2.05, 4.69) is 41.4 Å². The van der Waals surface area contributed by atoms with Gasteiger partial charge in [-0.25, -0.2) is 0 Å². The lowest BCUT2D eigenvalue weighted by atomic mass is 10.0. The summed E-state index contributed by atoms with van der Waals surface area (Å²) in [6.45, 7) is 3.71. The number of hydrogen-bond acceptors (Lipinski definition) is 3. The fraction of sp³-hybridized carbons (Fsp3) is 0.588. The van der Waals surface area contributed by atoms with Crippen LogP contribution < -0.4 is 10.2 Å². The summed E-state index contributed by atoms with van der Waals surface area (Å²) in [5, 5.41) is 13.2. The molecule has 21 heavy (non-hydrogen) atoms. The summed E-state index contributed by atoms with van der Waals surface area (Å²) in [4.78, 5) is 14.5. The van der Waals surface area contributed by atoms with E-state index in [1.807, 2.05) is 0 Å². The molecule has 1 aliphatic heterocycles. The van der Waals surface area contributed by atoms with Crippen LogP contribution in [0.15, 0.2) is 24.3 Å². The van der Waals surface area contributed by atoms with Crippen LogP contribution in [-0.4, -0.2) is 35.7 Å². The van der Waals surface area contributed by atoms with Gasteiger partial charge < -0.3 is 15.3 Å². The van der Waals surface area contributed by atoms with E-state index in [1.54, 1.807) is 0 Å². The van der Waals surface area contributed by atoms with Crippen molar-refractivity contribution >= 4 is 11.6 Å². The minimum atomic E-state index is -1.12. The van der Waals surface area contributed by atoms with Crippen molar-refractivity contribution in [2.24, 2.45) is 0 Å². The van der Waals surface area contributed by atoms with Crippen molar-refractivity contribution in [2.45, 2.75) is 50.7 Å². The largest absolute Gasteiger partial charge is 0.380 e. The zero-order valence-electron chi connectivity index (χ0n) is 12.6. The molecule has 114 valence electrons. The third-order valence-electron chi connectivity index (χ3n) is 4.87. The molecule has 1 aliphatic carbocycles. The maximum Gasteiger partial charge on any atom is 0.252 e. The van der Waals surface area contributed by atoms with E-state index in [0.29, 0.717) is 19.4 Å². The molecule has 0 aromatic heterocycles. The Kier molecular flexibility index (Phi) is 3.89. The second-order valence-corrected chi connectivity index (χ2v) is 6.37. The zero-order chi connectivity index (χ0) is 14.9. The Labute approximate surface area is 126 Å². The van der Waals surface area contributed by atoms with Gasteiger partial charge in [0.15, 0.2) is 0 Å². The molecule has 0 saturated heterocycles. The highest BCUT2D eigenvalue weighted by atomic mass is 16.3. The van der Waals surface area contributed by atoms with E-state index >= 15 is 0 Å². The molecule has 1 amide bonds. The lowest BCUT2D eigenvalue weighted by molar-refractivity contribution is -0.139. The Morgan fingerprint density at radius 3 is 2.86 bits per heavy atom. The Morgan fingerprint density at radius 2 is 2.10 bits per heavy atom. The van der Waals surface area contributed by atoms with Gasteiger partial charge in [-0.15, -0.1) is 0 Å². The molecule has 2 N–H and O–H groups in total. The van der Waals surface area contributed by atoms with Crippen molar-refractivity contribution in [3.8, 4) is 0 Å². The minimum absolute atomic E-state index is 0.195. The fourth-order valence-electron chi connectivity index (χ4n) is 3.52. The molecule has 2 aliphatic rings. The van der Waals surface area contributed by atoms with Gasteiger partial charge in [-0.1, -0.05) is 18.2 Å². The summed E-state index contributed by atoms with van der Waals surface area (Å²) in [6, 6.07) is 8.68. The standard InChI is InChI=1S/C17H24N2O2/c1-13(12-18-16(20)17(21)9-4-5-10-17)19-11-8-14-6-2-3-7-15(14)19/h2-3,6-7,13,21H,4-5,8-12H2,1H3,(H,18,20).